The molecule has 0 spiro atoms. The van der Waals surface area contributed by atoms with Gasteiger partial charge in [-0.25, -0.2) is 18.2 Å². The van der Waals surface area contributed by atoms with Gasteiger partial charge < -0.3 is 10.4 Å². The number of sulfone groups is 1. The molecular formula is C13H18N2O4S. The average Bonchev–Trinajstić information content (AvgIpc) is 2.64. The molecule has 1 aromatic heterocycles. The molecule has 0 radical (unpaired) electrons. The molecule has 2 N–H and O–H groups in total. The number of nitrogens with one attached hydrogen (secondary N) is 1. The van der Waals surface area contributed by atoms with Crippen molar-refractivity contribution in [3.05, 3.63) is 22.9 Å². The highest BCUT2D eigenvalue weighted by Gasteiger charge is 2.28. The van der Waals surface area contributed by atoms with Crippen LogP contribution in [0.15, 0.2) is 6.07 Å². The Hall–Kier alpha value is -1.63. The summed E-state index contributed by atoms with van der Waals surface area (Å²) in [7, 11) is -2.92. The van der Waals surface area contributed by atoms with Crippen molar-refractivity contribution >= 4 is 21.6 Å². The van der Waals surface area contributed by atoms with Gasteiger partial charge in [-0.05, 0) is 37.8 Å². The number of aromatic nitrogens is 1. The maximum atomic E-state index is 11.4. The molecule has 0 bridgehead atoms. The maximum Gasteiger partial charge on any atom is 0.339 e. The summed E-state index contributed by atoms with van der Waals surface area (Å²) in [6.07, 6.45) is 0.614. The van der Waals surface area contributed by atoms with E-state index < -0.39 is 15.8 Å². The third-order valence-electron chi connectivity index (χ3n) is 3.44. The van der Waals surface area contributed by atoms with Crippen LogP contribution in [0.25, 0.3) is 0 Å². The molecule has 2 heterocycles. The molecule has 1 aromatic rings. The number of carbonyl (C=O) groups is 1. The second kappa shape index (κ2) is 5.40. The number of nitrogens with zero attached hydrogens (tertiary/aromatic N) is 1. The van der Waals surface area contributed by atoms with E-state index in [0.717, 1.165) is 5.69 Å². The molecule has 7 heteroatoms. The van der Waals surface area contributed by atoms with Crippen LogP contribution in [0.5, 0.6) is 0 Å². The van der Waals surface area contributed by atoms with Gasteiger partial charge in [0.15, 0.2) is 9.84 Å². The van der Waals surface area contributed by atoms with Crippen LogP contribution >= 0.6 is 0 Å². The van der Waals surface area contributed by atoms with Gasteiger partial charge in [0.05, 0.1) is 11.5 Å². The van der Waals surface area contributed by atoms with Crippen molar-refractivity contribution in [2.24, 2.45) is 5.92 Å². The summed E-state index contributed by atoms with van der Waals surface area (Å²) in [6.45, 7) is 3.95. The van der Waals surface area contributed by atoms with E-state index in [4.69, 9.17) is 0 Å². The predicted molar refractivity (Wildman–Crippen MR) is 75.9 cm³/mol. The Morgan fingerprint density at radius 1 is 1.50 bits per heavy atom. The lowest BCUT2D eigenvalue weighted by molar-refractivity contribution is 0.0696. The minimum absolute atomic E-state index is 0.0178. The van der Waals surface area contributed by atoms with E-state index in [1.54, 1.807) is 19.9 Å². The molecule has 0 saturated carbocycles. The molecule has 1 unspecified atom stereocenters. The van der Waals surface area contributed by atoms with Crippen molar-refractivity contribution in [2.45, 2.75) is 20.3 Å². The Morgan fingerprint density at radius 2 is 2.20 bits per heavy atom. The zero-order valence-electron chi connectivity index (χ0n) is 11.5. The van der Waals surface area contributed by atoms with Crippen LogP contribution in [0.1, 0.15) is 28.0 Å². The van der Waals surface area contributed by atoms with Crippen molar-refractivity contribution in [3.8, 4) is 0 Å². The number of pyridine rings is 1. The van der Waals surface area contributed by atoms with Gasteiger partial charge in [-0.3, -0.25) is 0 Å². The van der Waals surface area contributed by atoms with E-state index in [2.05, 4.69) is 10.3 Å². The molecule has 0 aromatic carbocycles. The number of hydrogen-bond acceptors (Lipinski definition) is 5. The zero-order chi connectivity index (χ0) is 14.9. The number of carboxylic acids is 1. The molecule has 1 atom stereocenters. The van der Waals surface area contributed by atoms with Crippen LogP contribution < -0.4 is 5.32 Å². The quantitative estimate of drug-likeness (QED) is 0.868. The molecule has 1 saturated heterocycles. The monoisotopic (exact) mass is 298 g/mol. The van der Waals surface area contributed by atoms with E-state index in [0.29, 0.717) is 24.3 Å². The summed E-state index contributed by atoms with van der Waals surface area (Å²) in [5.74, 6) is -0.321. The summed E-state index contributed by atoms with van der Waals surface area (Å²) in [4.78, 5) is 15.5. The van der Waals surface area contributed by atoms with E-state index >= 15 is 0 Å². The van der Waals surface area contributed by atoms with Gasteiger partial charge in [-0.2, -0.15) is 0 Å². The van der Waals surface area contributed by atoms with Crippen LogP contribution in [0.4, 0.5) is 5.82 Å². The summed E-state index contributed by atoms with van der Waals surface area (Å²) < 4.78 is 22.8. The van der Waals surface area contributed by atoms with Crippen molar-refractivity contribution in [2.75, 3.05) is 23.4 Å². The Kier molecular flexibility index (Phi) is 3.99. The van der Waals surface area contributed by atoms with Gasteiger partial charge in [0.2, 0.25) is 0 Å². The highest BCUT2D eigenvalue weighted by Crippen LogP contribution is 2.22. The lowest BCUT2D eigenvalue weighted by Crippen LogP contribution is -2.19. The largest absolute Gasteiger partial charge is 0.478 e. The Bertz CT molecular complexity index is 640. The average molecular weight is 298 g/mol. The number of aromatic carboxylic acids is 1. The standard InChI is InChI=1S/C13H18N2O4S/c1-8-5-9(2)15-12(11(8)13(16)17)14-6-10-3-4-20(18,19)7-10/h5,10H,3-4,6-7H2,1-2H3,(H,14,15)(H,16,17). The molecule has 2 rings (SSSR count). The normalized spacial score (nSPS) is 20.8. The fraction of sp³-hybridized carbons (Fsp3) is 0.538. The van der Waals surface area contributed by atoms with Crippen LogP contribution in [0.3, 0.4) is 0 Å². The molecule has 1 fully saturated rings. The highest BCUT2D eigenvalue weighted by atomic mass is 32.2. The number of hydrogen-bond donors (Lipinski definition) is 2. The van der Waals surface area contributed by atoms with Gasteiger partial charge in [0, 0.05) is 12.2 Å². The number of anilines is 1. The lowest BCUT2D eigenvalue weighted by atomic mass is 10.1. The first-order valence-electron chi connectivity index (χ1n) is 6.44. The summed E-state index contributed by atoms with van der Waals surface area (Å²) >= 11 is 0. The Morgan fingerprint density at radius 3 is 2.75 bits per heavy atom. The van der Waals surface area contributed by atoms with Crippen LogP contribution in [-0.4, -0.2) is 42.5 Å². The van der Waals surface area contributed by atoms with Gasteiger partial charge >= 0.3 is 5.97 Å². The zero-order valence-corrected chi connectivity index (χ0v) is 12.3. The van der Waals surface area contributed by atoms with Gasteiger partial charge in [-0.15, -0.1) is 0 Å². The number of rotatable bonds is 4. The molecule has 0 amide bonds. The Balaban J connectivity index is 2.15. The fourth-order valence-electron chi connectivity index (χ4n) is 2.51. The minimum atomic E-state index is -2.92. The summed E-state index contributed by atoms with van der Waals surface area (Å²) in [5.41, 5.74) is 1.53. The molecule has 6 nitrogen and oxygen atoms in total. The summed E-state index contributed by atoms with van der Waals surface area (Å²) in [6, 6.07) is 1.72. The highest BCUT2D eigenvalue weighted by molar-refractivity contribution is 7.91. The smallest absolute Gasteiger partial charge is 0.339 e. The number of carboxylic acid groups (broad SMARTS) is 1. The van der Waals surface area contributed by atoms with Crippen molar-refractivity contribution in [3.63, 3.8) is 0 Å². The molecule has 20 heavy (non-hydrogen) atoms. The molecule has 0 aliphatic carbocycles. The summed E-state index contributed by atoms with van der Waals surface area (Å²) in [5, 5.41) is 12.2. The lowest BCUT2D eigenvalue weighted by Gasteiger charge is -2.14. The molecule has 1 aliphatic heterocycles. The molecular weight excluding hydrogens is 280 g/mol. The van der Waals surface area contributed by atoms with Crippen LogP contribution in [0, 0.1) is 19.8 Å². The third kappa shape index (κ3) is 3.27. The fourth-order valence-corrected chi connectivity index (χ4v) is 4.37. The first-order valence-corrected chi connectivity index (χ1v) is 8.26. The van der Waals surface area contributed by atoms with E-state index in [1.807, 2.05) is 0 Å². The van der Waals surface area contributed by atoms with Gasteiger partial charge in [0.1, 0.15) is 11.4 Å². The van der Waals surface area contributed by atoms with Crippen molar-refractivity contribution in [1.29, 1.82) is 0 Å². The number of aryl methyl sites for hydroxylation is 2. The van der Waals surface area contributed by atoms with Crippen LogP contribution in [-0.2, 0) is 9.84 Å². The molecule has 1 aliphatic rings. The maximum absolute atomic E-state index is 11.4. The minimum Gasteiger partial charge on any atom is -0.478 e. The second-order valence-electron chi connectivity index (χ2n) is 5.26. The second-order valence-corrected chi connectivity index (χ2v) is 7.49. The van der Waals surface area contributed by atoms with E-state index in [-0.39, 0.29) is 23.0 Å². The molecule has 110 valence electrons. The topological polar surface area (TPSA) is 96.4 Å². The van der Waals surface area contributed by atoms with E-state index in [9.17, 15) is 18.3 Å². The first-order chi connectivity index (χ1) is 9.28. The van der Waals surface area contributed by atoms with Gasteiger partial charge in [0.25, 0.3) is 0 Å². The van der Waals surface area contributed by atoms with Crippen molar-refractivity contribution in [1.82, 2.24) is 4.98 Å². The first kappa shape index (κ1) is 14.8. The Labute approximate surface area is 118 Å². The van der Waals surface area contributed by atoms with E-state index in [1.165, 1.54) is 0 Å². The third-order valence-corrected chi connectivity index (χ3v) is 5.28. The predicted octanol–water partition coefficient (Wildman–Crippen LogP) is 1.24. The van der Waals surface area contributed by atoms with Gasteiger partial charge in [-0.1, -0.05) is 0 Å². The van der Waals surface area contributed by atoms with Crippen LogP contribution in [0.2, 0.25) is 0 Å². The SMILES string of the molecule is Cc1cc(C)c(C(=O)O)c(NCC2CCS(=O)(=O)C2)n1. The van der Waals surface area contributed by atoms with Crippen molar-refractivity contribution < 1.29 is 18.3 Å².